The van der Waals surface area contributed by atoms with Crippen molar-refractivity contribution in [3.05, 3.63) is 63.6 Å². The van der Waals surface area contributed by atoms with Crippen LogP contribution in [0.1, 0.15) is 46.7 Å². The Morgan fingerprint density at radius 1 is 1.14 bits per heavy atom. The van der Waals surface area contributed by atoms with Gasteiger partial charge < -0.3 is 10.1 Å². The number of anilines is 1. The normalized spacial score (nSPS) is 11.3. The quantitative estimate of drug-likeness (QED) is 0.512. The van der Waals surface area contributed by atoms with Gasteiger partial charge in [-0.2, -0.15) is 0 Å². The van der Waals surface area contributed by atoms with Crippen LogP contribution in [0.25, 0.3) is 0 Å². The molecule has 0 bridgehead atoms. The molecule has 0 aliphatic heterocycles. The topological polar surface area (TPSA) is 64.1 Å². The summed E-state index contributed by atoms with van der Waals surface area (Å²) < 4.78 is 5.12. The van der Waals surface area contributed by atoms with Crippen molar-refractivity contribution >= 4 is 34.7 Å². The second-order valence-electron chi connectivity index (χ2n) is 7.70. The molecule has 0 saturated heterocycles. The summed E-state index contributed by atoms with van der Waals surface area (Å²) in [5.74, 6) is 1.17. The van der Waals surface area contributed by atoms with E-state index >= 15 is 0 Å². The summed E-state index contributed by atoms with van der Waals surface area (Å²) in [6.07, 6.45) is 0. The van der Waals surface area contributed by atoms with Crippen LogP contribution < -0.4 is 10.1 Å². The molecular formula is C22H25N3O2S2. The van der Waals surface area contributed by atoms with Crippen LogP contribution in [0, 0.1) is 6.92 Å². The Balaban J connectivity index is 1.63. The molecule has 0 radical (unpaired) electrons. The van der Waals surface area contributed by atoms with Crippen LogP contribution in [0.2, 0.25) is 0 Å². The minimum Gasteiger partial charge on any atom is -0.497 e. The fraction of sp³-hybridized carbons (Fsp3) is 0.318. The number of thioether (sulfide) groups is 1. The van der Waals surface area contributed by atoms with Gasteiger partial charge in [0.2, 0.25) is 5.01 Å². The molecule has 152 valence electrons. The Kier molecular flexibility index (Phi) is 6.59. The third-order valence-corrected chi connectivity index (χ3v) is 6.69. The van der Waals surface area contributed by atoms with Gasteiger partial charge in [0.15, 0.2) is 0 Å². The molecule has 5 nitrogen and oxygen atoms in total. The first kappa shape index (κ1) is 21.3. The number of aryl methyl sites for hydroxylation is 1. The van der Waals surface area contributed by atoms with E-state index in [1.165, 1.54) is 27.4 Å². The SMILES string of the molecule is COc1ccc(NC(=O)c2nnc(CSc3cc(C(C)(C)C)ccc3C)s2)cc1. The van der Waals surface area contributed by atoms with Gasteiger partial charge in [-0.05, 0) is 53.8 Å². The standard InChI is InChI=1S/C22H25N3O2S2/c1-14-6-7-15(22(2,3)4)12-18(14)28-13-19-24-25-21(29-19)20(26)23-16-8-10-17(27-5)11-9-16/h6-12H,13H2,1-5H3,(H,23,26). The third kappa shape index (κ3) is 5.58. The van der Waals surface area contributed by atoms with E-state index in [1.54, 1.807) is 43.1 Å². The summed E-state index contributed by atoms with van der Waals surface area (Å²) in [5.41, 5.74) is 3.35. The molecular weight excluding hydrogens is 402 g/mol. The van der Waals surface area contributed by atoms with Crippen molar-refractivity contribution in [3.8, 4) is 5.75 Å². The van der Waals surface area contributed by atoms with Crippen molar-refractivity contribution in [2.45, 2.75) is 43.8 Å². The summed E-state index contributed by atoms with van der Waals surface area (Å²) in [4.78, 5) is 13.7. The van der Waals surface area contributed by atoms with Gasteiger partial charge >= 0.3 is 0 Å². The molecule has 7 heteroatoms. The number of rotatable bonds is 6. The van der Waals surface area contributed by atoms with Crippen LogP contribution in [-0.2, 0) is 11.2 Å². The summed E-state index contributed by atoms with van der Waals surface area (Å²) in [7, 11) is 1.61. The summed E-state index contributed by atoms with van der Waals surface area (Å²) >= 11 is 3.05. The predicted molar refractivity (Wildman–Crippen MR) is 120 cm³/mol. The van der Waals surface area contributed by atoms with Crippen molar-refractivity contribution in [2.75, 3.05) is 12.4 Å². The second kappa shape index (κ2) is 8.97. The molecule has 3 aromatic rings. The number of amides is 1. The number of carbonyl (C=O) groups excluding carboxylic acids is 1. The molecule has 1 aromatic heterocycles. The maximum absolute atomic E-state index is 12.4. The highest BCUT2D eigenvalue weighted by Crippen LogP contribution is 2.32. The Bertz CT molecular complexity index is 992. The predicted octanol–water partition coefficient (Wildman–Crippen LogP) is 5.70. The Hall–Kier alpha value is -2.38. The fourth-order valence-corrected chi connectivity index (χ4v) is 4.41. The number of nitrogens with one attached hydrogen (secondary N) is 1. The molecule has 0 aliphatic rings. The average Bonchev–Trinajstić information content (AvgIpc) is 3.16. The molecule has 0 spiro atoms. The van der Waals surface area contributed by atoms with Crippen molar-refractivity contribution in [3.63, 3.8) is 0 Å². The molecule has 0 aliphatic carbocycles. The first-order valence-corrected chi connectivity index (χ1v) is 11.1. The summed E-state index contributed by atoms with van der Waals surface area (Å²) in [6.45, 7) is 8.75. The van der Waals surface area contributed by atoms with Crippen molar-refractivity contribution in [1.29, 1.82) is 0 Å². The zero-order valence-electron chi connectivity index (χ0n) is 17.3. The van der Waals surface area contributed by atoms with E-state index in [0.717, 1.165) is 10.8 Å². The number of nitrogens with zero attached hydrogens (tertiary/aromatic N) is 2. The molecule has 1 amide bonds. The monoisotopic (exact) mass is 427 g/mol. The van der Waals surface area contributed by atoms with Crippen molar-refractivity contribution in [1.82, 2.24) is 10.2 Å². The largest absolute Gasteiger partial charge is 0.497 e. The number of carbonyl (C=O) groups is 1. The highest BCUT2D eigenvalue weighted by atomic mass is 32.2. The molecule has 3 rings (SSSR count). The van der Waals surface area contributed by atoms with E-state index in [-0.39, 0.29) is 11.3 Å². The van der Waals surface area contributed by atoms with Gasteiger partial charge in [-0.1, -0.05) is 44.2 Å². The minimum absolute atomic E-state index is 0.110. The number of ether oxygens (including phenoxy) is 1. The molecule has 1 heterocycles. The average molecular weight is 428 g/mol. The lowest BCUT2D eigenvalue weighted by atomic mass is 9.87. The van der Waals surface area contributed by atoms with Crippen molar-refractivity contribution in [2.24, 2.45) is 0 Å². The van der Waals surface area contributed by atoms with Crippen LogP contribution >= 0.6 is 23.1 Å². The number of benzene rings is 2. The number of aromatic nitrogens is 2. The minimum atomic E-state index is -0.255. The highest BCUT2D eigenvalue weighted by molar-refractivity contribution is 7.98. The number of methoxy groups -OCH3 is 1. The highest BCUT2D eigenvalue weighted by Gasteiger charge is 2.16. The molecule has 0 unspecified atom stereocenters. The number of hydrogen-bond acceptors (Lipinski definition) is 6. The van der Waals surface area contributed by atoms with Crippen LogP contribution in [-0.4, -0.2) is 23.2 Å². The smallest absolute Gasteiger partial charge is 0.286 e. The van der Waals surface area contributed by atoms with E-state index < -0.39 is 0 Å². The Labute approximate surface area is 179 Å². The van der Waals surface area contributed by atoms with Crippen LogP contribution in [0.4, 0.5) is 5.69 Å². The van der Waals surface area contributed by atoms with Gasteiger partial charge in [-0.3, -0.25) is 4.79 Å². The Morgan fingerprint density at radius 2 is 1.86 bits per heavy atom. The second-order valence-corrected chi connectivity index (χ2v) is 9.78. The van der Waals surface area contributed by atoms with Crippen LogP contribution in [0.15, 0.2) is 47.4 Å². The fourth-order valence-electron chi connectivity index (χ4n) is 2.62. The van der Waals surface area contributed by atoms with Gasteiger partial charge in [0.1, 0.15) is 10.8 Å². The molecule has 2 aromatic carbocycles. The zero-order valence-corrected chi connectivity index (χ0v) is 18.9. The van der Waals surface area contributed by atoms with Gasteiger partial charge in [-0.25, -0.2) is 0 Å². The van der Waals surface area contributed by atoms with Gasteiger partial charge in [-0.15, -0.1) is 22.0 Å². The lowest BCUT2D eigenvalue weighted by Crippen LogP contribution is -2.11. The molecule has 1 N–H and O–H groups in total. The third-order valence-electron chi connectivity index (χ3n) is 4.41. The van der Waals surface area contributed by atoms with Gasteiger partial charge in [0.25, 0.3) is 5.91 Å². The van der Waals surface area contributed by atoms with E-state index in [1.807, 2.05) is 0 Å². The zero-order chi connectivity index (χ0) is 21.0. The van der Waals surface area contributed by atoms with Crippen LogP contribution in [0.5, 0.6) is 5.75 Å². The van der Waals surface area contributed by atoms with Gasteiger partial charge in [0.05, 0.1) is 12.9 Å². The lowest BCUT2D eigenvalue weighted by molar-refractivity contribution is 0.102. The number of hydrogen-bond donors (Lipinski definition) is 1. The first-order chi connectivity index (χ1) is 13.8. The maximum Gasteiger partial charge on any atom is 0.286 e. The summed E-state index contributed by atoms with van der Waals surface area (Å²) in [5, 5.41) is 12.3. The van der Waals surface area contributed by atoms with E-state index in [9.17, 15) is 4.79 Å². The molecule has 0 saturated carbocycles. The van der Waals surface area contributed by atoms with E-state index in [4.69, 9.17) is 4.74 Å². The summed E-state index contributed by atoms with van der Waals surface area (Å²) in [6, 6.07) is 13.8. The van der Waals surface area contributed by atoms with E-state index in [2.05, 4.69) is 61.4 Å². The Morgan fingerprint density at radius 3 is 2.52 bits per heavy atom. The molecule has 0 fully saturated rings. The molecule has 29 heavy (non-hydrogen) atoms. The lowest BCUT2D eigenvalue weighted by Gasteiger charge is -2.20. The maximum atomic E-state index is 12.4. The first-order valence-electron chi connectivity index (χ1n) is 9.28. The molecule has 0 atom stereocenters. The van der Waals surface area contributed by atoms with Crippen molar-refractivity contribution < 1.29 is 9.53 Å². The van der Waals surface area contributed by atoms with Crippen LogP contribution in [0.3, 0.4) is 0 Å². The van der Waals surface area contributed by atoms with E-state index in [0.29, 0.717) is 16.4 Å². The van der Waals surface area contributed by atoms with Gasteiger partial charge in [0, 0.05) is 10.6 Å².